The van der Waals surface area contributed by atoms with Gasteiger partial charge in [0.25, 0.3) is 0 Å². The Hall–Kier alpha value is -1.26. The lowest BCUT2D eigenvalue weighted by atomic mass is 10.1. The van der Waals surface area contributed by atoms with Crippen LogP contribution in [0.4, 0.5) is 5.82 Å². The molecule has 4 heteroatoms. The van der Waals surface area contributed by atoms with Crippen LogP contribution in [0.5, 0.6) is 0 Å². The quantitative estimate of drug-likeness (QED) is 0.847. The van der Waals surface area contributed by atoms with Gasteiger partial charge in [-0.3, -0.25) is 0 Å². The van der Waals surface area contributed by atoms with Gasteiger partial charge in [0.15, 0.2) is 0 Å². The van der Waals surface area contributed by atoms with Crippen molar-refractivity contribution in [2.75, 3.05) is 30.5 Å². The van der Waals surface area contributed by atoms with E-state index in [1.165, 1.54) is 10.8 Å². The van der Waals surface area contributed by atoms with Crippen LogP contribution in [0.3, 0.4) is 0 Å². The summed E-state index contributed by atoms with van der Waals surface area (Å²) in [6.45, 7) is 6.14. The van der Waals surface area contributed by atoms with Crippen molar-refractivity contribution in [3.63, 3.8) is 0 Å². The van der Waals surface area contributed by atoms with Gasteiger partial charge in [0, 0.05) is 37.3 Å². The monoisotopic (exact) mass is 303 g/mol. The molecule has 2 rings (SSSR count). The summed E-state index contributed by atoms with van der Waals surface area (Å²) in [5, 5.41) is 5.94. The van der Waals surface area contributed by atoms with Gasteiger partial charge in [-0.25, -0.2) is 4.98 Å². The first-order chi connectivity index (χ1) is 10.1. The van der Waals surface area contributed by atoms with Crippen molar-refractivity contribution in [2.45, 2.75) is 26.4 Å². The zero-order chi connectivity index (χ0) is 15.2. The van der Waals surface area contributed by atoms with E-state index >= 15 is 0 Å². The van der Waals surface area contributed by atoms with E-state index in [0.717, 1.165) is 30.4 Å². The Balaban J connectivity index is 2.35. The number of aromatic nitrogens is 1. The lowest BCUT2D eigenvalue weighted by molar-refractivity contribution is 0.582. The number of hydrogen-bond donors (Lipinski definition) is 1. The first kappa shape index (κ1) is 16.1. The molecule has 2 aromatic rings. The van der Waals surface area contributed by atoms with Gasteiger partial charge in [0.1, 0.15) is 5.82 Å². The van der Waals surface area contributed by atoms with Crippen molar-refractivity contribution >= 4 is 28.4 Å². The van der Waals surface area contributed by atoms with Crippen LogP contribution in [0.1, 0.15) is 19.5 Å². The number of hydrogen-bond acceptors (Lipinski definition) is 4. The van der Waals surface area contributed by atoms with Gasteiger partial charge in [-0.2, -0.15) is 11.8 Å². The summed E-state index contributed by atoms with van der Waals surface area (Å²) in [5.74, 6) is 2.20. The molecule has 1 aromatic heterocycles. The van der Waals surface area contributed by atoms with Crippen molar-refractivity contribution in [3.8, 4) is 0 Å². The minimum atomic E-state index is 0.468. The third-order valence-electron chi connectivity index (χ3n) is 3.46. The molecule has 0 radical (unpaired) electrons. The topological polar surface area (TPSA) is 28.2 Å². The van der Waals surface area contributed by atoms with Crippen LogP contribution in [0.15, 0.2) is 30.3 Å². The molecular weight excluding hydrogens is 278 g/mol. The van der Waals surface area contributed by atoms with Crippen molar-refractivity contribution in [2.24, 2.45) is 0 Å². The second-order valence-corrected chi connectivity index (χ2v) is 6.59. The van der Waals surface area contributed by atoms with E-state index in [0.29, 0.717) is 6.04 Å². The molecule has 1 heterocycles. The Bertz CT molecular complexity index is 583. The van der Waals surface area contributed by atoms with Crippen LogP contribution in [0.2, 0.25) is 0 Å². The molecule has 0 fully saturated rings. The van der Waals surface area contributed by atoms with Crippen LogP contribution < -0.4 is 10.2 Å². The molecular formula is C17H25N3S. The third-order valence-corrected chi connectivity index (χ3v) is 4.05. The molecule has 1 N–H and O–H groups in total. The van der Waals surface area contributed by atoms with Gasteiger partial charge in [-0.15, -0.1) is 0 Å². The second-order valence-electron chi connectivity index (χ2n) is 5.61. The molecule has 0 spiro atoms. The van der Waals surface area contributed by atoms with Gasteiger partial charge < -0.3 is 10.2 Å². The van der Waals surface area contributed by atoms with Gasteiger partial charge >= 0.3 is 0 Å². The first-order valence-corrected chi connectivity index (χ1v) is 8.83. The highest BCUT2D eigenvalue weighted by Gasteiger charge is 2.10. The van der Waals surface area contributed by atoms with E-state index in [-0.39, 0.29) is 0 Å². The molecule has 0 saturated carbocycles. The van der Waals surface area contributed by atoms with Crippen molar-refractivity contribution in [1.29, 1.82) is 0 Å². The Morgan fingerprint density at radius 3 is 2.76 bits per heavy atom. The Morgan fingerprint density at radius 2 is 2.05 bits per heavy atom. The molecule has 0 aliphatic rings. The van der Waals surface area contributed by atoms with E-state index in [1.54, 1.807) is 0 Å². The number of nitrogens with zero attached hydrogens (tertiary/aromatic N) is 2. The van der Waals surface area contributed by atoms with Crippen LogP contribution in [-0.4, -0.2) is 36.6 Å². The number of nitrogens with one attached hydrogen (secondary N) is 1. The third kappa shape index (κ3) is 4.35. The maximum atomic E-state index is 4.88. The zero-order valence-corrected chi connectivity index (χ0v) is 14.2. The molecule has 0 atom stereocenters. The van der Waals surface area contributed by atoms with Crippen molar-refractivity contribution in [3.05, 3.63) is 36.0 Å². The number of benzene rings is 1. The largest absolute Gasteiger partial charge is 0.358 e. The van der Waals surface area contributed by atoms with Crippen molar-refractivity contribution in [1.82, 2.24) is 10.3 Å². The number of anilines is 1. The van der Waals surface area contributed by atoms with E-state index in [9.17, 15) is 0 Å². The summed E-state index contributed by atoms with van der Waals surface area (Å²) in [5.41, 5.74) is 1.11. The van der Waals surface area contributed by atoms with E-state index < -0.39 is 0 Å². The average molecular weight is 303 g/mol. The summed E-state index contributed by atoms with van der Waals surface area (Å²) < 4.78 is 0. The van der Waals surface area contributed by atoms with Crippen LogP contribution in [-0.2, 0) is 6.54 Å². The minimum absolute atomic E-state index is 0.468. The van der Waals surface area contributed by atoms with E-state index in [1.807, 2.05) is 11.8 Å². The second kappa shape index (κ2) is 7.66. The zero-order valence-electron chi connectivity index (χ0n) is 13.4. The predicted molar refractivity (Wildman–Crippen MR) is 95.4 cm³/mol. The van der Waals surface area contributed by atoms with Crippen LogP contribution >= 0.6 is 11.8 Å². The Morgan fingerprint density at radius 1 is 1.29 bits per heavy atom. The Kier molecular flexibility index (Phi) is 5.88. The lowest BCUT2D eigenvalue weighted by Gasteiger charge is -2.21. The highest BCUT2D eigenvalue weighted by Crippen LogP contribution is 2.25. The molecule has 0 bridgehead atoms. The summed E-state index contributed by atoms with van der Waals surface area (Å²) >= 11 is 1.87. The fraction of sp³-hybridized carbons (Fsp3) is 0.471. The molecule has 0 aliphatic heterocycles. The fourth-order valence-electron chi connectivity index (χ4n) is 2.26. The Labute approximate surface area is 132 Å². The highest BCUT2D eigenvalue weighted by atomic mass is 32.2. The number of rotatable bonds is 7. The number of pyridine rings is 1. The van der Waals surface area contributed by atoms with Gasteiger partial charge in [-0.05, 0) is 17.7 Å². The molecule has 0 saturated heterocycles. The van der Waals surface area contributed by atoms with Crippen molar-refractivity contribution < 1.29 is 0 Å². The maximum Gasteiger partial charge on any atom is 0.136 e. The molecule has 1 aromatic carbocycles. The van der Waals surface area contributed by atoms with Gasteiger partial charge in [-0.1, -0.05) is 38.1 Å². The molecule has 21 heavy (non-hydrogen) atoms. The maximum absolute atomic E-state index is 4.88. The fourth-order valence-corrected chi connectivity index (χ4v) is 2.72. The van der Waals surface area contributed by atoms with Gasteiger partial charge in [0.2, 0.25) is 0 Å². The molecule has 3 nitrogen and oxygen atoms in total. The van der Waals surface area contributed by atoms with E-state index in [2.05, 4.69) is 67.7 Å². The lowest BCUT2D eigenvalue weighted by Crippen LogP contribution is -2.25. The molecule has 0 amide bonds. The summed E-state index contributed by atoms with van der Waals surface area (Å²) in [7, 11) is 2.13. The van der Waals surface area contributed by atoms with Crippen LogP contribution in [0, 0.1) is 0 Å². The standard InChI is InChI=1S/C17H25N3S/c1-13(2)18-12-15-11-14-7-5-6-8-16(14)17(19-15)20(3)9-10-21-4/h5-8,11,13,18H,9-10,12H2,1-4H3. The number of thioether (sulfide) groups is 1. The van der Waals surface area contributed by atoms with Crippen LogP contribution in [0.25, 0.3) is 10.8 Å². The predicted octanol–water partition coefficient (Wildman–Crippen LogP) is 3.53. The normalized spacial score (nSPS) is 11.3. The highest BCUT2D eigenvalue weighted by molar-refractivity contribution is 7.98. The number of fused-ring (bicyclic) bond motifs is 1. The minimum Gasteiger partial charge on any atom is -0.358 e. The molecule has 0 unspecified atom stereocenters. The average Bonchev–Trinajstić information content (AvgIpc) is 2.49. The summed E-state index contributed by atoms with van der Waals surface area (Å²) in [4.78, 5) is 7.14. The van der Waals surface area contributed by atoms with Gasteiger partial charge in [0.05, 0.1) is 5.69 Å². The molecule has 0 aliphatic carbocycles. The summed E-state index contributed by atoms with van der Waals surface area (Å²) in [6, 6.07) is 11.2. The molecule has 114 valence electrons. The van der Waals surface area contributed by atoms with E-state index in [4.69, 9.17) is 4.98 Å². The first-order valence-electron chi connectivity index (χ1n) is 7.44. The SMILES string of the molecule is CSCCN(C)c1nc(CNC(C)C)cc2ccccc12. The smallest absolute Gasteiger partial charge is 0.136 e. The summed E-state index contributed by atoms with van der Waals surface area (Å²) in [6.07, 6.45) is 2.14.